The molecule has 2 atom stereocenters. The molecule has 1 aromatic heterocycles. The number of nitrogens with two attached hydrogens (primary N) is 2. The Morgan fingerprint density at radius 1 is 1.19 bits per heavy atom. The van der Waals surface area contributed by atoms with Crippen LogP contribution in [0.5, 0.6) is 0 Å². The molecule has 10 heteroatoms. The average molecular weight is 425 g/mol. The van der Waals surface area contributed by atoms with Crippen LogP contribution in [0.3, 0.4) is 0 Å². The number of carbonyl (C=O) groups excluding carboxylic acids is 1. The summed E-state index contributed by atoms with van der Waals surface area (Å²) in [7, 11) is 0. The van der Waals surface area contributed by atoms with Crippen molar-refractivity contribution in [1.29, 1.82) is 0 Å². The number of primary amides is 1. The topological polar surface area (TPSA) is 159 Å². The quantitative estimate of drug-likeness (QED) is 0.486. The number of nitrogens with one attached hydrogen (secondary N) is 2. The molecule has 2 aliphatic rings. The molecular weight excluding hydrogens is 398 g/mol. The predicted molar refractivity (Wildman–Crippen MR) is 116 cm³/mol. The van der Waals surface area contributed by atoms with E-state index in [0.29, 0.717) is 37.0 Å². The van der Waals surface area contributed by atoms with Gasteiger partial charge >= 0.3 is 6.09 Å². The maximum Gasteiger partial charge on any atom is 0.407 e. The summed E-state index contributed by atoms with van der Waals surface area (Å²) >= 11 is 0. The van der Waals surface area contributed by atoms with Gasteiger partial charge in [0.05, 0.1) is 0 Å². The first-order valence-corrected chi connectivity index (χ1v) is 10.5. The molecule has 2 unspecified atom stereocenters. The van der Waals surface area contributed by atoms with Gasteiger partial charge in [-0.1, -0.05) is 18.9 Å². The van der Waals surface area contributed by atoms with Gasteiger partial charge in [-0.3, -0.25) is 4.79 Å². The summed E-state index contributed by atoms with van der Waals surface area (Å²) in [5, 5.41) is 15.7. The van der Waals surface area contributed by atoms with Gasteiger partial charge in [-0.15, -0.1) is 0 Å². The van der Waals surface area contributed by atoms with Crippen molar-refractivity contribution in [1.82, 2.24) is 14.9 Å². The van der Waals surface area contributed by atoms with Crippen LogP contribution < -0.4 is 22.1 Å². The van der Waals surface area contributed by atoms with Crippen LogP contribution >= 0.6 is 0 Å². The number of amides is 2. The fraction of sp³-hybridized carbons (Fsp3) is 0.429. The fourth-order valence-corrected chi connectivity index (χ4v) is 4.17. The van der Waals surface area contributed by atoms with Crippen molar-refractivity contribution in [2.75, 3.05) is 17.2 Å². The van der Waals surface area contributed by atoms with Crippen molar-refractivity contribution in [2.45, 2.75) is 50.7 Å². The zero-order chi connectivity index (χ0) is 22.0. The van der Waals surface area contributed by atoms with Crippen molar-refractivity contribution in [3.63, 3.8) is 0 Å². The van der Waals surface area contributed by atoms with Crippen LogP contribution in [-0.2, 0) is 13.0 Å². The molecule has 1 aromatic carbocycles. The van der Waals surface area contributed by atoms with Crippen molar-refractivity contribution < 1.29 is 14.7 Å². The van der Waals surface area contributed by atoms with E-state index in [4.69, 9.17) is 11.5 Å². The minimum absolute atomic E-state index is 0.0300. The van der Waals surface area contributed by atoms with E-state index in [-0.39, 0.29) is 17.6 Å². The van der Waals surface area contributed by atoms with Crippen molar-refractivity contribution in [2.24, 2.45) is 11.5 Å². The van der Waals surface area contributed by atoms with E-state index in [1.54, 1.807) is 0 Å². The molecule has 0 spiro atoms. The van der Waals surface area contributed by atoms with Crippen LogP contribution in [0, 0.1) is 0 Å². The van der Waals surface area contributed by atoms with Gasteiger partial charge in [0.2, 0.25) is 5.95 Å². The number of hydrogen-bond acceptors (Lipinski definition) is 7. The van der Waals surface area contributed by atoms with Crippen LogP contribution in [0.25, 0.3) is 0 Å². The first kappa shape index (κ1) is 20.9. The summed E-state index contributed by atoms with van der Waals surface area (Å²) < 4.78 is 0. The highest BCUT2D eigenvalue weighted by Crippen LogP contribution is 2.26. The SMILES string of the molecule is NC(=O)c1cnc(NC2CCCCC2N)nc1Nc1ccc2c(c1)CN(C(=O)O)CC2. The van der Waals surface area contributed by atoms with Crippen LogP contribution in [0.2, 0.25) is 0 Å². The Morgan fingerprint density at radius 2 is 2.00 bits per heavy atom. The smallest absolute Gasteiger partial charge is 0.407 e. The molecule has 7 N–H and O–H groups in total. The molecule has 0 radical (unpaired) electrons. The lowest BCUT2D eigenvalue weighted by molar-refractivity contribution is 0.100. The Morgan fingerprint density at radius 3 is 2.74 bits per heavy atom. The van der Waals surface area contributed by atoms with E-state index in [0.717, 1.165) is 36.8 Å². The number of fused-ring (bicyclic) bond motifs is 1. The standard InChI is InChI=1S/C21H27N7O3/c22-16-3-1-2-4-17(16)26-20-24-10-15(18(23)29)19(27-20)25-14-6-5-12-7-8-28(21(30)31)11-13(12)9-14/h5-6,9-10,16-17H,1-4,7-8,11,22H2,(H2,23,29)(H,30,31)(H2,24,25,26,27). The summed E-state index contributed by atoms with van der Waals surface area (Å²) in [5.41, 5.74) is 14.6. The lowest BCUT2D eigenvalue weighted by Gasteiger charge is -2.29. The van der Waals surface area contributed by atoms with E-state index >= 15 is 0 Å². The molecule has 1 fully saturated rings. The molecule has 1 saturated carbocycles. The number of carbonyl (C=O) groups is 2. The zero-order valence-corrected chi connectivity index (χ0v) is 17.2. The van der Waals surface area contributed by atoms with Gasteiger partial charge in [0.1, 0.15) is 11.4 Å². The van der Waals surface area contributed by atoms with Gasteiger partial charge < -0.3 is 32.1 Å². The number of carboxylic acid groups (broad SMARTS) is 1. The highest BCUT2D eigenvalue weighted by Gasteiger charge is 2.24. The largest absolute Gasteiger partial charge is 0.465 e. The van der Waals surface area contributed by atoms with Crippen molar-refractivity contribution in [3.8, 4) is 0 Å². The molecule has 2 heterocycles. The normalized spacial score (nSPS) is 20.6. The third-order valence-electron chi connectivity index (χ3n) is 5.94. The molecule has 164 valence electrons. The fourth-order valence-electron chi connectivity index (χ4n) is 4.17. The Labute approximate surface area is 180 Å². The van der Waals surface area contributed by atoms with Crippen molar-refractivity contribution >= 4 is 29.5 Å². The Balaban J connectivity index is 1.57. The summed E-state index contributed by atoms with van der Waals surface area (Å²) in [4.78, 5) is 33.3. The van der Waals surface area contributed by atoms with Gasteiger partial charge in [0.25, 0.3) is 5.91 Å². The number of nitrogens with zero attached hydrogens (tertiary/aromatic N) is 3. The summed E-state index contributed by atoms with van der Waals surface area (Å²) in [6.45, 7) is 0.796. The summed E-state index contributed by atoms with van der Waals surface area (Å²) in [6.07, 6.45) is 5.23. The second kappa shape index (κ2) is 8.76. The Bertz CT molecular complexity index is 997. The molecule has 31 heavy (non-hydrogen) atoms. The maximum absolute atomic E-state index is 11.9. The average Bonchev–Trinajstić information content (AvgIpc) is 2.75. The van der Waals surface area contributed by atoms with Crippen LogP contribution in [0.4, 0.5) is 22.2 Å². The van der Waals surface area contributed by atoms with E-state index in [1.165, 1.54) is 11.1 Å². The first-order chi connectivity index (χ1) is 14.9. The van der Waals surface area contributed by atoms with Crippen LogP contribution in [0.15, 0.2) is 24.4 Å². The molecule has 1 aliphatic carbocycles. The summed E-state index contributed by atoms with van der Waals surface area (Å²) in [6, 6.07) is 5.82. The molecule has 2 aromatic rings. The lowest BCUT2D eigenvalue weighted by Crippen LogP contribution is -2.43. The highest BCUT2D eigenvalue weighted by atomic mass is 16.4. The third kappa shape index (κ3) is 4.69. The van der Waals surface area contributed by atoms with Gasteiger partial charge in [0.15, 0.2) is 0 Å². The van der Waals surface area contributed by atoms with Crippen molar-refractivity contribution in [3.05, 3.63) is 41.1 Å². The Hall–Kier alpha value is -3.40. The number of benzene rings is 1. The third-order valence-corrected chi connectivity index (χ3v) is 5.94. The lowest BCUT2D eigenvalue weighted by atomic mass is 9.91. The first-order valence-electron chi connectivity index (χ1n) is 10.5. The van der Waals surface area contributed by atoms with Gasteiger partial charge in [-0.25, -0.2) is 9.78 Å². The molecule has 4 rings (SSSR count). The molecule has 0 saturated heterocycles. The molecule has 10 nitrogen and oxygen atoms in total. The second-order valence-electron chi connectivity index (χ2n) is 8.08. The van der Waals surface area contributed by atoms with E-state index in [2.05, 4.69) is 20.6 Å². The van der Waals surface area contributed by atoms with Crippen LogP contribution in [-0.4, -0.2) is 50.6 Å². The monoisotopic (exact) mass is 425 g/mol. The van der Waals surface area contributed by atoms with Gasteiger partial charge in [-0.2, -0.15) is 4.98 Å². The van der Waals surface area contributed by atoms with Gasteiger partial charge in [0, 0.05) is 37.1 Å². The van der Waals surface area contributed by atoms with E-state index < -0.39 is 12.0 Å². The minimum atomic E-state index is -0.938. The second-order valence-corrected chi connectivity index (χ2v) is 8.08. The number of hydrogen-bond donors (Lipinski definition) is 5. The van der Waals surface area contributed by atoms with Gasteiger partial charge in [-0.05, 0) is 42.5 Å². The molecule has 2 amide bonds. The predicted octanol–water partition coefficient (Wildman–Crippen LogP) is 2.04. The summed E-state index contributed by atoms with van der Waals surface area (Å²) in [5.74, 6) is 0.0310. The minimum Gasteiger partial charge on any atom is -0.465 e. The molecule has 1 aliphatic heterocycles. The van der Waals surface area contributed by atoms with Crippen LogP contribution in [0.1, 0.15) is 47.2 Å². The number of rotatable bonds is 5. The molecular formula is C21H27N7O3. The van der Waals surface area contributed by atoms with E-state index in [1.807, 2.05) is 18.2 Å². The molecule has 0 bridgehead atoms. The Kier molecular flexibility index (Phi) is 5.90. The van der Waals surface area contributed by atoms with E-state index in [9.17, 15) is 14.7 Å². The highest BCUT2D eigenvalue weighted by molar-refractivity contribution is 5.98. The number of aromatic nitrogens is 2. The maximum atomic E-state index is 11.9. The number of anilines is 3. The zero-order valence-electron chi connectivity index (χ0n) is 17.2.